The number of anilines is 1. The van der Waals surface area contributed by atoms with Crippen LogP contribution in [0.1, 0.15) is 0 Å². The lowest BCUT2D eigenvalue weighted by molar-refractivity contribution is 0.628. The predicted molar refractivity (Wildman–Crippen MR) is 35.8 cm³/mol. The van der Waals surface area contributed by atoms with Gasteiger partial charge in [-0.25, -0.2) is 9.82 Å². The van der Waals surface area contributed by atoms with Gasteiger partial charge in [0.2, 0.25) is 0 Å². The first-order chi connectivity index (χ1) is 4.83. The van der Waals surface area contributed by atoms with E-state index in [1.165, 1.54) is 18.2 Å². The summed E-state index contributed by atoms with van der Waals surface area (Å²) >= 11 is 0. The molecule has 0 saturated carbocycles. The molecule has 52 valence electrons. The van der Waals surface area contributed by atoms with Crippen LogP contribution in [0.25, 0.3) is 0 Å². The molecule has 0 atom stereocenters. The second-order valence-electron chi connectivity index (χ2n) is 1.71. The van der Waals surface area contributed by atoms with Crippen LogP contribution < -0.4 is 5.43 Å². The minimum atomic E-state index is -0.395. The number of nitroso groups, excluding NO2 is 1. The molecule has 0 aromatic heterocycles. The molecular weight excluding hydrogens is 135 g/mol. The average Bonchev–Trinajstić information content (AvgIpc) is 1.88. The number of nitrogens with one attached hydrogen (secondary N) is 1. The molecule has 4 heteroatoms. The van der Waals surface area contributed by atoms with Gasteiger partial charge in [-0.3, -0.25) is 0 Å². The lowest BCUT2D eigenvalue weighted by atomic mass is 10.3. The largest absolute Gasteiger partial charge is 0.242 e. The molecule has 0 spiro atoms. The van der Waals surface area contributed by atoms with Crippen molar-refractivity contribution < 1.29 is 4.39 Å². The van der Waals surface area contributed by atoms with Crippen molar-refractivity contribution in [1.82, 2.24) is 0 Å². The molecule has 0 heterocycles. The zero-order valence-corrected chi connectivity index (χ0v) is 5.04. The van der Waals surface area contributed by atoms with Gasteiger partial charge in [-0.1, -0.05) is 6.07 Å². The second-order valence-corrected chi connectivity index (χ2v) is 1.71. The highest BCUT2D eigenvalue weighted by Crippen LogP contribution is 2.07. The lowest BCUT2D eigenvalue weighted by Gasteiger charge is -1.93. The summed E-state index contributed by atoms with van der Waals surface area (Å²) in [5, 5.41) is 2.38. The smallest absolute Gasteiger partial charge is 0.125 e. The molecule has 0 fully saturated rings. The van der Waals surface area contributed by atoms with Crippen LogP contribution in [0.5, 0.6) is 0 Å². The van der Waals surface area contributed by atoms with Gasteiger partial charge < -0.3 is 0 Å². The Balaban J connectivity index is 2.84. The van der Waals surface area contributed by atoms with E-state index >= 15 is 0 Å². The van der Waals surface area contributed by atoms with Gasteiger partial charge in [-0.05, 0) is 18.2 Å². The number of benzene rings is 1. The fraction of sp³-hybridized carbons (Fsp3) is 0. The van der Waals surface area contributed by atoms with Crippen molar-refractivity contribution in [2.24, 2.45) is 5.29 Å². The van der Waals surface area contributed by atoms with Crippen molar-refractivity contribution in [1.29, 1.82) is 0 Å². The van der Waals surface area contributed by atoms with Crippen LogP contribution in [0.2, 0.25) is 0 Å². The predicted octanol–water partition coefficient (Wildman–Crippen LogP) is 1.92. The van der Waals surface area contributed by atoms with Crippen LogP contribution in [0.4, 0.5) is 10.1 Å². The van der Waals surface area contributed by atoms with Gasteiger partial charge in [-0.2, -0.15) is 0 Å². The molecule has 0 aliphatic carbocycles. The monoisotopic (exact) mass is 140 g/mol. The van der Waals surface area contributed by atoms with Crippen molar-refractivity contribution in [2.75, 3.05) is 5.43 Å². The van der Waals surface area contributed by atoms with Crippen molar-refractivity contribution >= 4 is 5.69 Å². The summed E-state index contributed by atoms with van der Waals surface area (Å²) in [6, 6.07) is 5.50. The van der Waals surface area contributed by atoms with Crippen molar-refractivity contribution in [3.05, 3.63) is 35.0 Å². The molecule has 0 amide bonds. The van der Waals surface area contributed by atoms with Gasteiger partial charge in [0.05, 0.1) is 11.0 Å². The molecule has 0 unspecified atom stereocenters. The molecule has 0 saturated heterocycles. The minimum Gasteiger partial charge on any atom is -0.242 e. The van der Waals surface area contributed by atoms with Crippen LogP contribution >= 0.6 is 0 Å². The van der Waals surface area contributed by atoms with E-state index in [-0.39, 0.29) is 0 Å². The molecule has 0 aliphatic heterocycles. The Morgan fingerprint density at radius 3 is 2.90 bits per heavy atom. The molecule has 10 heavy (non-hydrogen) atoms. The summed E-state index contributed by atoms with van der Waals surface area (Å²) < 4.78 is 12.3. The van der Waals surface area contributed by atoms with Crippen molar-refractivity contribution in [3.8, 4) is 0 Å². The SMILES string of the molecule is O=NNc1cccc(F)c1. The molecule has 1 aromatic carbocycles. The van der Waals surface area contributed by atoms with E-state index in [4.69, 9.17) is 0 Å². The van der Waals surface area contributed by atoms with E-state index in [9.17, 15) is 9.30 Å². The summed E-state index contributed by atoms with van der Waals surface area (Å²) in [4.78, 5) is 9.60. The van der Waals surface area contributed by atoms with Gasteiger partial charge in [0.15, 0.2) is 0 Å². The van der Waals surface area contributed by atoms with E-state index in [2.05, 4.69) is 10.7 Å². The van der Waals surface area contributed by atoms with Gasteiger partial charge >= 0.3 is 0 Å². The Labute approximate surface area is 56.8 Å². The fourth-order valence-corrected chi connectivity index (χ4v) is 0.611. The van der Waals surface area contributed by atoms with E-state index in [0.29, 0.717) is 5.69 Å². The maximum atomic E-state index is 12.3. The molecule has 1 N–H and O–H groups in total. The van der Waals surface area contributed by atoms with Gasteiger partial charge in [0.25, 0.3) is 0 Å². The molecule has 0 radical (unpaired) electrons. The summed E-state index contributed by atoms with van der Waals surface area (Å²) in [7, 11) is 0. The highest BCUT2D eigenvalue weighted by Gasteiger charge is 1.91. The van der Waals surface area contributed by atoms with Crippen LogP contribution in [-0.2, 0) is 0 Å². The zero-order valence-electron chi connectivity index (χ0n) is 5.04. The van der Waals surface area contributed by atoms with Crippen molar-refractivity contribution in [2.45, 2.75) is 0 Å². The molecule has 0 bridgehead atoms. The number of hydrogen-bond donors (Lipinski definition) is 1. The Morgan fingerprint density at radius 2 is 2.30 bits per heavy atom. The summed E-state index contributed by atoms with van der Waals surface area (Å²) in [5.74, 6) is -0.395. The molecule has 1 rings (SSSR count). The van der Waals surface area contributed by atoms with Crippen LogP contribution in [0, 0.1) is 10.7 Å². The van der Waals surface area contributed by atoms with E-state index in [1.807, 2.05) is 0 Å². The molecule has 3 nitrogen and oxygen atoms in total. The molecule has 1 aromatic rings. The molecular formula is C6H5FN2O. The van der Waals surface area contributed by atoms with Crippen LogP contribution in [-0.4, -0.2) is 0 Å². The standard InChI is InChI=1S/C6H5FN2O/c7-5-2-1-3-6(4-5)8-9-10/h1-4H,(H,8,10). The Kier molecular flexibility index (Phi) is 1.94. The first kappa shape index (κ1) is 6.67. The lowest BCUT2D eigenvalue weighted by Crippen LogP contribution is -1.85. The van der Waals surface area contributed by atoms with Gasteiger partial charge in [-0.15, -0.1) is 4.91 Å². The quantitative estimate of drug-likeness (QED) is 0.503. The highest BCUT2D eigenvalue weighted by atomic mass is 19.1. The normalized spacial score (nSPS) is 8.90. The number of rotatable bonds is 2. The summed E-state index contributed by atoms with van der Waals surface area (Å²) in [5.41, 5.74) is 2.43. The maximum absolute atomic E-state index is 12.3. The second kappa shape index (κ2) is 2.91. The Morgan fingerprint density at radius 1 is 1.50 bits per heavy atom. The van der Waals surface area contributed by atoms with Crippen molar-refractivity contribution in [3.63, 3.8) is 0 Å². The van der Waals surface area contributed by atoms with Gasteiger partial charge in [0, 0.05) is 0 Å². The Hall–Kier alpha value is -1.45. The number of nitrogens with zero attached hydrogens (tertiary/aromatic N) is 1. The first-order valence-corrected chi connectivity index (χ1v) is 2.67. The third kappa shape index (κ3) is 1.51. The van der Waals surface area contributed by atoms with E-state index in [0.717, 1.165) is 0 Å². The average molecular weight is 140 g/mol. The third-order valence-electron chi connectivity index (χ3n) is 0.999. The Bertz CT molecular complexity index is 239. The highest BCUT2D eigenvalue weighted by molar-refractivity contribution is 5.41. The minimum absolute atomic E-state index is 0.356. The van der Waals surface area contributed by atoms with E-state index in [1.54, 1.807) is 6.07 Å². The summed E-state index contributed by atoms with van der Waals surface area (Å²) in [6.45, 7) is 0. The first-order valence-electron chi connectivity index (χ1n) is 2.67. The van der Waals surface area contributed by atoms with Gasteiger partial charge in [0.1, 0.15) is 5.82 Å². The summed E-state index contributed by atoms with van der Waals surface area (Å²) in [6.07, 6.45) is 0. The van der Waals surface area contributed by atoms with E-state index < -0.39 is 5.82 Å². The third-order valence-corrected chi connectivity index (χ3v) is 0.999. The zero-order chi connectivity index (χ0) is 7.40. The molecule has 0 aliphatic rings. The van der Waals surface area contributed by atoms with Crippen LogP contribution in [0.3, 0.4) is 0 Å². The topological polar surface area (TPSA) is 41.5 Å². The maximum Gasteiger partial charge on any atom is 0.125 e. The van der Waals surface area contributed by atoms with Crippen LogP contribution in [0.15, 0.2) is 29.6 Å². The number of hydrogen-bond acceptors (Lipinski definition) is 2. The fourth-order valence-electron chi connectivity index (χ4n) is 0.611. The number of halogens is 1.